The number of carboxylic acids is 1. The van der Waals surface area contributed by atoms with Gasteiger partial charge in [-0.25, -0.2) is 4.79 Å². The molecule has 0 fully saturated rings. The van der Waals surface area contributed by atoms with Gasteiger partial charge in [0.1, 0.15) is 23.9 Å². The van der Waals surface area contributed by atoms with Crippen molar-refractivity contribution in [3.63, 3.8) is 0 Å². The van der Waals surface area contributed by atoms with E-state index < -0.39 is 60.2 Å². The van der Waals surface area contributed by atoms with E-state index >= 15 is 0 Å². The molecule has 0 aliphatic carbocycles. The number of carbonyl (C=O) groups is 5. The van der Waals surface area contributed by atoms with Crippen molar-refractivity contribution in [3.8, 4) is 5.75 Å². The lowest BCUT2D eigenvalue weighted by atomic mass is 10.0. The number of aliphatic imine (C=N–C) groups is 1. The number of nitrogens with two attached hydrogens (primary N) is 5. The van der Waals surface area contributed by atoms with Crippen LogP contribution in [0.2, 0.25) is 0 Å². The van der Waals surface area contributed by atoms with E-state index in [1.807, 2.05) is 0 Å². The van der Waals surface area contributed by atoms with Crippen molar-refractivity contribution in [2.75, 3.05) is 13.1 Å². The topological polar surface area (TPSA) is 304 Å². The van der Waals surface area contributed by atoms with E-state index in [1.54, 1.807) is 0 Å². The van der Waals surface area contributed by atoms with E-state index in [1.165, 1.54) is 24.3 Å². The molecule has 1 aromatic rings. The first-order valence-corrected chi connectivity index (χ1v) is 13.0. The smallest absolute Gasteiger partial charge is 0.326 e. The van der Waals surface area contributed by atoms with Gasteiger partial charge in [-0.2, -0.15) is 0 Å². The number of guanidine groups is 1. The second kappa shape index (κ2) is 18.0. The molecule has 1 aromatic carbocycles. The predicted molar refractivity (Wildman–Crippen MR) is 150 cm³/mol. The third-order valence-electron chi connectivity index (χ3n) is 5.91. The van der Waals surface area contributed by atoms with Crippen LogP contribution in [-0.4, -0.2) is 83.0 Å². The van der Waals surface area contributed by atoms with Gasteiger partial charge in [-0.3, -0.25) is 24.2 Å². The van der Waals surface area contributed by atoms with Crippen LogP contribution in [0, 0.1) is 0 Å². The Labute approximate surface area is 237 Å². The highest BCUT2D eigenvalue weighted by atomic mass is 16.4. The quantitative estimate of drug-likeness (QED) is 0.0443. The van der Waals surface area contributed by atoms with E-state index in [2.05, 4.69) is 20.9 Å². The van der Waals surface area contributed by atoms with Gasteiger partial charge in [0.15, 0.2) is 5.96 Å². The lowest BCUT2D eigenvalue weighted by Gasteiger charge is -2.25. The molecule has 0 spiro atoms. The van der Waals surface area contributed by atoms with Crippen molar-refractivity contribution in [3.05, 3.63) is 29.8 Å². The van der Waals surface area contributed by atoms with Crippen molar-refractivity contribution in [1.82, 2.24) is 16.0 Å². The van der Waals surface area contributed by atoms with E-state index in [4.69, 9.17) is 28.7 Å². The highest BCUT2D eigenvalue weighted by molar-refractivity contribution is 5.96. The molecule has 16 nitrogen and oxygen atoms in total. The van der Waals surface area contributed by atoms with Crippen molar-refractivity contribution in [2.24, 2.45) is 33.7 Å². The third kappa shape index (κ3) is 14.0. The van der Waals surface area contributed by atoms with E-state index in [-0.39, 0.29) is 37.5 Å². The molecule has 0 saturated carbocycles. The Kier molecular flexibility index (Phi) is 15.2. The number of hydrogen-bond acceptors (Lipinski definition) is 9. The molecule has 0 aliphatic rings. The Morgan fingerprint density at radius 3 is 1.95 bits per heavy atom. The summed E-state index contributed by atoms with van der Waals surface area (Å²) in [5, 5.41) is 26.4. The largest absolute Gasteiger partial charge is 0.508 e. The Balaban J connectivity index is 2.98. The Bertz CT molecular complexity index is 1060. The van der Waals surface area contributed by atoms with E-state index in [0.29, 0.717) is 31.4 Å². The molecule has 0 aliphatic heterocycles. The molecular formula is C25H41N9O7. The standard InChI is InChI=1S/C25H41N9O7/c26-10-2-1-5-17(22(38)34-19(24(40)41)12-14-6-8-15(35)9-7-14)32-23(39)18(13-20(28)36)33-21(37)16(27)4-3-11-31-25(29)30/h6-9,16-19,35H,1-5,10-13,26-27H2,(H2,28,36)(H,32,39)(H,33,37)(H,34,38)(H,40,41)(H4,29,30,31). The number of phenolic OH excluding ortho intramolecular Hbond substituents is 1. The average Bonchev–Trinajstić information content (AvgIpc) is 2.90. The zero-order chi connectivity index (χ0) is 30.9. The van der Waals surface area contributed by atoms with Gasteiger partial charge in [0.2, 0.25) is 23.6 Å². The van der Waals surface area contributed by atoms with Gasteiger partial charge in [0.25, 0.3) is 0 Å². The van der Waals surface area contributed by atoms with E-state index in [9.17, 15) is 34.2 Å². The van der Waals surface area contributed by atoms with Gasteiger partial charge in [0.05, 0.1) is 12.5 Å². The fourth-order valence-corrected chi connectivity index (χ4v) is 3.71. The van der Waals surface area contributed by atoms with Crippen LogP contribution >= 0.6 is 0 Å². The first-order chi connectivity index (χ1) is 19.3. The van der Waals surface area contributed by atoms with Gasteiger partial charge in [-0.15, -0.1) is 0 Å². The Hall–Kier alpha value is -4.44. The average molecular weight is 580 g/mol. The number of nitrogens with zero attached hydrogens (tertiary/aromatic N) is 1. The summed E-state index contributed by atoms with van der Waals surface area (Å²) in [4.78, 5) is 66.1. The lowest BCUT2D eigenvalue weighted by molar-refractivity contribution is -0.142. The summed E-state index contributed by atoms with van der Waals surface area (Å²) in [6.07, 6.45) is 0.915. The number of amides is 4. The number of primary amides is 1. The number of rotatable bonds is 19. The molecule has 4 amide bonds. The second-order valence-electron chi connectivity index (χ2n) is 9.40. The van der Waals surface area contributed by atoms with Crippen LogP contribution in [0.15, 0.2) is 29.3 Å². The maximum absolute atomic E-state index is 13.1. The molecule has 4 unspecified atom stereocenters. The number of benzene rings is 1. The molecule has 1 rings (SSSR count). The van der Waals surface area contributed by atoms with Crippen molar-refractivity contribution in [2.45, 2.75) is 69.1 Å². The summed E-state index contributed by atoms with van der Waals surface area (Å²) in [5.74, 6) is -4.73. The fourth-order valence-electron chi connectivity index (χ4n) is 3.71. The molecule has 0 saturated heterocycles. The summed E-state index contributed by atoms with van der Waals surface area (Å²) < 4.78 is 0. The monoisotopic (exact) mass is 579 g/mol. The lowest BCUT2D eigenvalue weighted by Crippen LogP contribution is -2.57. The van der Waals surface area contributed by atoms with Gasteiger partial charge in [-0.1, -0.05) is 12.1 Å². The molecule has 15 N–H and O–H groups in total. The van der Waals surface area contributed by atoms with E-state index in [0.717, 1.165) is 0 Å². The normalized spacial score (nSPS) is 13.6. The van der Waals surface area contributed by atoms with Gasteiger partial charge in [-0.05, 0) is 56.3 Å². The minimum absolute atomic E-state index is 0.00292. The number of carbonyl (C=O) groups excluding carboxylic acids is 4. The minimum Gasteiger partial charge on any atom is -0.508 e. The first-order valence-electron chi connectivity index (χ1n) is 13.0. The van der Waals surface area contributed by atoms with Crippen LogP contribution in [0.5, 0.6) is 5.75 Å². The summed E-state index contributed by atoms with van der Waals surface area (Å²) >= 11 is 0. The molecule has 0 radical (unpaired) electrons. The van der Waals surface area contributed by atoms with Crippen LogP contribution in [0.4, 0.5) is 0 Å². The summed E-state index contributed by atoms with van der Waals surface area (Å²) in [6, 6.07) is 0.744. The maximum atomic E-state index is 13.1. The molecule has 41 heavy (non-hydrogen) atoms. The van der Waals surface area contributed by atoms with Gasteiger partial charge in [0, 0.05) is 13.0 Å². The molecule has 0 heterocycles. The SMILES string of the molecule is NCCCCC(NC(=O)C(CC(N)=O)NC(=O)C(N)CCCN=C(N)N)C(=O)NC(Cc1ccc(O)cc1)C(=O)O. The third-order valence-corrected chi connectivity index (χ3v) is 5.91. The Morgan fingerprint density at radius 2 is 1.39 bits per heavy atom. The number of carboxylic acid groups (broad SMARTS) is 1. The predicted octanol–water partition coefficient (Wildman–Crippen LogP) is -3.14. The van der Waals surface area contributed by atoms with Crippen molar-refractivity contribution >= 4 is 35.6 Å². The van der Waals surface area contributed by atoms with Crippen LogP contribution in [0.3, 0.4) is 0 Å². The highest BCUT2D eigenvalue weighted by Crippen LogP contribution is 2.12. The molecule has 4 atom stereocenters. The van der Waals surface area contributed by atoms with Gasteiger partial charge < -0.3 is 54.8 Å². The maximum Gasteiger partial charge on any atom is 0.326 e. The highest BCUT2D eigenvalue weighted by Gasteiger charge is 2.31. The molecular weight excluding hydrogens is 538 g/mol. The number of aromatic hydroxyl groups is 1. The van der Waals surface area contributed by atoms with Crippen LogP contribution < -0.4 is 44.6 Å². The number of aliphatic carboxylic acids is 1. The number of nitrogens with one attached hydrogen (secondary N) is 3. The molecule has 0 aromatic heterocycles. The van der Waals surface area contributed by atoms with Crippen molar-refractivity contribution in [1.29, 1.82) is 0 Å². The molecule has 16 heteroatoms. The summed E-state index contributed by atoms with van der Waals surface area (Å²) in [6.45, 7) is 0.556. The minimum atomic E-state index is -1.44. The van der Waals surface area contributed by atoms with Crippen LogP contribution in [-0.2, 0) is 30.4 Å². The van der Waals surface area contributed by atoms with Crippen LogP contribution in [0.1, 0.15) is 44.1 Å². The molecule has 0 bridgehead atoms. The van der Waals surface area contributed by atoms with Gasteiger partial charge >= 0.3 is 5.97 Å². The van der Waals surface area contributed by atoms with Crippen LogP contribution in [0.25, 0.3) is 0 Å². The zero-order valence-electron chi connectivity index (χ0n) is 22.8. The zero-order valence-corrected chi connectivity index (χ0v) is 22.8. The number of phenols is 1. The fraction of sp³-hybridized carbons (Fsp3) is 0.520. The number of hydrogen-bond donors (Lipinski definition) is 10. The second-order valence-corrected chi connectivity index (χ2v) is 9.40. The summed E-state index contributed by atoms with van der Waals surface area (Å²) in [5.41, 5.74) is 27.7. The summed E-state index contributed by atoms with van der Waals surface area (Å²) in [7, 11) is 0. The molecule has 228 valence electrons. The first kappa shape index (κ1) is 34.6. The Morgan fingerprint density at radius 1 is 0.805 bits per heavy atom. The van der Waals surface area contributed by atoms with Crippen molar-refractivity contribution < 1.29 is 34.2 Å². The number of unbranched alkanes of at least 4 members (excludes halogenated alkanes) is 1.